The number of nitrogens with zero attached hydrogens (tertiary/aromatic N) is 2. The summed E-state index contributed by atoms with van der Waals surface area (Å²) in [5.74, 6) is 0.404. The van der Waals surface area contributed by atoms with Crippen LogP contribution in [0.2, 0.25) is 0 Å². The standard InChI is InChI=1S/C10H13N3O2/c1-11-8-6-4-3-5-7(6)12-9(13-8)10(14)15-2/h3-5H2,1-2H3,(H,11,12,13). The van der Waals surface area contributed by atoms with E-state index in [4.69, 9.17) is 0 Å². The maximum atomic E-state index is 11.3. The third kappa shape index (κ3) is 1.65. The lowest BCUT2D eigenvalue weighted by atomic mass is 10.2. The van der Waals surface area contributed by atoms with Crippen molar-refractivity contribution in [1.29, 1.82) is 0 Å². The molecule has 0 aromatic carbocycles. The first-order valence-corrected chi connectivity index (χ1v) is 4.92. The molecule has 0 aliphatic heterocycles. The summed E-state index contributed by atoms with van der Waals surface area (Å²) >= 11 is 0. The minimum atomic E-state index is -0.485. The number of esters is 1. The molecule has 1 aromatic rings. The van der Waals surface area contributed by atoms with E-state index in [1.54, 1.807) is 7.05 Å². The molecular formula is C10H13N3O2. The number of hydrogen-bond donors (Lipinski definition) is 1. The quantitative estimate of drug-likeness (QED) is 0.726. The van der Waals surface area contributed by atoms with Crippen LogP contribution in [0.3, 0.4) is 0 Å². The van der Waals surface area contributed by atoms with Crippen molar-refractivity contribution in [3.8, 4) is 0 Å². The zero-order valence-corrected chi connectivity index (χ0v) is 8.83. The summed E-state index contributed by atoms with van der Waals surface area (Å²) in [6.45, 7) is 0. The number of fused-ring (bicyclic) bond motifs is 1. The highest BCUT2D eigenvalue weighted by atomic mass is 16.5. The van der Waals surface area contributed by atoms with Crippen LogP contribution in [0.5, 0.6) is 0 Å². The second-order valence-electron chi connectivity index (χ2n) is 3.42. The number of carbonyl (C=O) groups is 1. The molecule has 1 aliphatic carbocycles. The van der Waals surface area contributed by atoms with Gasteiger partial charge in [0.05, 0.1) is 12.8 Å². The Balaban J connectivity index is 2.48. The van der Waals surface area contributed by atoms with E-state index < -0.39 is 5.97 Å². The normalized spacial score (nSPS) is 13.5. The van der Waals surface area contributed by atoms with Gasteiger partial charge in [-0.05, 0) is 19.3 Å². The van der Waals surface area contributed by atoms with Crippen LogP contribution < -0.4 is 5.32 Å². The van der Waals surface area contributed by atoms with Crippen molar-refractivity contribution in [1.82, 2.24) is 9.97 Å². The maximum Gasteiger partial charge on any atom is 0.376 e. The molecule has 5 heteroatoms. The van der Waals surface area contributed by atoms with Gasteiger partial charge in [-0.2, -0.15) is 0 Å². The number of hydrogen-bond acceptors (Lipinski definition) is 5. The van der Waals surface area contributed by atoms with Crippen molar-refractivity contribution >= 4 is 11.8 Å². The summed E-state index contributed by atoms with van der Waals surface area (Å²) in [4.78, 5) is 19.7. The molecule has 0 bridgehead atoms. The van der Waals surface area contributed by atoms with Crippen LogP contribution in [0, 0.1) is 0 Å². The number of anilines is 1. The number of rotatable bonds is 2. The minimum Gasteiger partial charge on any atom is -0.463 e. The molecule has 1 heterocycles. The number of aryl methyl sites for hydroxylation is 1. The Kier molecular flexibility index (Phi) is 2.53. The van der Waals surface area contributed by atoms with Gasteiger partial charge in [0.25, 0.3) is 0 Å². The summed E-state index contributed by atoms with van der Waals surface area (Å²) in [7, 11) is 3.12. The van der Waals surface area contributed by atoms with Crippen molar-refractivity contribution in [2.75, 3.05) is 19.5 Å². The van der Waals surface area contributed by atoms with E-state index in [1.807, 2.05) is 0 Å². The molecule has 0 saturated carbocycles. The molecule has 1 N–H and O–H groups in total. The summed E-state index contributed by atoms with van der Waals surface area (Å²) in [5.41, 5.74) is 2.10. The fourth-order valence-corrected chi connectivity index (χ4v) is 1.82. The molecule has 2 rings (SSSR count). The predicted molar refractivity (Wildman–Crippen MR) is 54.9 cm³/mol. The van der Waals surface area contributed by atoms with Crippen LogP contribution in [-0.4, -0.2) is 30.1 Å². The van der Waals surface area contributed by atoms with Gasteiger partial charge in [-0.25, -0.2) is 14.8 Å². The van der Waals surface area contributed by atoms with E-state index in [1.165, 1.54) is 7.11 Å². The SMILES string of the molecule is CNc1nc(C(=O)OC)nc2c1CCC2. The predicted octanol–water partition coefficient (Wildman–Crippen LogP) is 0.794. The molecule has 0 spiro atoms. The van der Waals surface area contributed by atoms with Gasteiger partial charge < -0.3 is 10.1 Å². The van der Waals surface area contributed by atoms with Gasteiger partial charge in [-0.15, -0.1) is 0 Å². The van der Waals surface area contributed by atoms with E-state index in [-0.39, 0.29) is 5.82 Å². The van der Waals surface area contributed by atoms with E-state index in [0.717, 1.165) is 36.3 Å². The van der Waals surface area contributed by atoms with Crippen molar-refractivity contribution in [3.63, 3.8) is 0 Å². The lowest BCUT2D eigenvalue weighted by molar-refractivity contribution is 0.0586. The summed E-state index contributed by atoms with van der Waals surface area (Å²) in [5, 5.41) is 2.99. The number of aromatic nitrogens is 2. The summed E-state index contributed by atoms with van der Waals surface area (Å²) in [6, 6.07) is 0. The summed E-state index contributed by atoms with van der Waals surface area (Å²) < 4.78 is 4.60. The van der Waals surface area contributed by atoms with Gasteiger partial charge in [-0.1, -0.05) is 0 Å². The molecule has 0 unspecified atom stereocenters. The third-order valence-corrected chi connectivity index (χ3v) is 2.54. The Hall–Kier alpha value is -1.65. The van der Waals surface area contributed by atoms with Crippen LogP contribution in [0.1, 0.15) is 28.3 Å². The van der Waals surface area contributed by atoms with Crippen molar-refractivity contribution in [2.24, 2.45) is 0 Å². The maximum absolute atomic E-state index is 11.3. The monoisotopic (exact) mass is 207 g/mol. The van der Waals surface area contributed by atoms with E-state index in [2.05, 4.69) is 20.0 Å². The number of nitrogens with one attached hydrogen (secondary N) is 1. The first kappa shape index (κ1) is 9.89. The van der Waals surface area contributed by atoms with Gasteiger partial charge >= 0.3 is 5.97 Å². The third-order valence-electron chi connectivity index (χ3n) is 2.54. The van der Waals surface area contributed by atoms with E-state index in [0.29, 0.717) is 0 Å². The smallest absolute Gasteiger partial charge is 0.376 e. The fourth-order valence-electron chi connectivity index (χ4n) is 1.82. The molecular weight excluding hydrogens is 194 g/mol. The van der Waals surface area contributed by atoms with Gasteiger partial charge in [0.15, 0.2) is 0 Å². The fraction of sp³-hybridized carbons (Fsp3) is 0.500. The Morgan fingerprint density at radius 2 is 2.20 bits per heavy atom. The average Bonchev–Trinajstić information content (AvgIpc) is 2.74. The summed E-state index contributed by atoms with van der Waals surface area (Å²) in [6.07, 6.45) is 2.97. The molecule has 0 atom stereocenters. The highest BCUT2D eigenvalue weighted by Gasteiger charge is 2.21. The van der Waals surface area contributed by atoms with Gasteiger partial charge in [0, 0.05) is 12.6 Å². The van der Waals surface area contributed by atoms with Crippen molar-refractivity contribution in [3.05, 3.63) is 17.1 Å². The number of methoxy groups -OCH3 is 1. The zero-order valence-electron chi connectivity index (χ0n) is 8.83. The second kappa shape index (κ2) is 3.84. The highest BCUT2D eigenvalue weighted by molar-refractivity contribution is 5.85. The Labute approximate surface area is 87.9 Å². The lowest BCUT2D eigenvalue weighted by Crippen LogP contribution is -2.12. The topological polar surface area (TPSA) is 64.1 Å². The van der Waals surface area contributed by atoms with Crippen LogP contribution >= 0.6 is 0 Å². The second-order valence-corrected chi connectivity index (χ2v) is 3.42. The van der Waals surface area contributed by atoms with E-state index in [9.17, 15) is 4.79 Å². The van der Waals surface area contributed by atoms with Crippen LogP contribution in [-0.2, 0) is 17.6 Å². The van der Waals surface area contributed by atoms with Crippen molar-refractivity contribution in [2.45, 2.75) is 19.3 Å². The Morgan fingerprint density at radius 1 is 1.40 bits per heavy atom. The Bertz CT molecular complexity index is 404. The number of ether oxygens (including phenoxy) is 1. The Morgan fingerprint density at radius 3 is 2.87 bits per heavy atom. The van der Waals surface area contributed by atoms with Gasteiger partial charge in [0.1, 0.15) is 5.82 Å². The number of carbonyl (C=O) groups excluding carboxylic acids is 1. The average molecular weight is 207 g/mol. The molecule has 80 valence electrons. The molecule has 0 fully saturated rings. The highest BCUT2D eigenvalue weighted by Crippen LogP contribution is 2.25. The van der Waals surface area contributed by atoms with Crippen LogP contribution in [0.4, 0.5) is 5.82 Å². The molecule has 0 saturated heterocycles. The molecule has 1 aliphatic rings. The minimum absolute atomic E-state index is 0.141. The van der Waals surface area contributed by atoms with Crippen molar-refractivity contribution < 1.29 is 9.53 Å². The molecule has 0 amide bonds. The molecule has 15 heavy (non-hydrogen) atoms. The van der Waals surface area contributed by atoms with Crippen LogP contribution in [0.15, 0.2) is 0 Å². The molecule has 1 aromatic heterocycles. The van der Waals surface area contributed by atoms with Gasteiger partial charge in [-0.3, -0.25) is 0 Å². The largest absolute Gasteiger partial charge is 0.463 e. The van der Waals surface area contributed by atoms with Gasteiger partial charge in [0.2, 0.25) is 5.82 Å². The zero-order chi connectivity index (χ0) is 10.8. The van der Waals surface area contributed by atoms with E-state index >= 15 is 0 Å². The first-order chi connectivity index (χ1) is 7.26. The first-order valence-electron chi connectivity index (χ1n) is 4.92. The lowest BCUT2D eigenvalue weighted by Gasteiger charge is -2.07. The molecule has 0 radical (unpaired) electrons. The molecule has 5 nitrogen and oxygen atoms in total. The van der Waals surface area contributed by atoms with Crippen LogP contribution in [0.25, 0.3) is 0 Å².